The number of ether oxygens (including phenoxy) is 2. The highest BCUT2D eigenvalue weighted by Gasteiger charge is 2.22. The van der Waals surface area contributed by atoms with Gasteiger partial charge in [-0.05, 0) is 49.1 Å². The summed E-state index contributed by atoms with van der Waals surface area (Å²) in [4.78, 5) is 40.1. The van der Waals surface area contributed by atoms with E-state index in [2.05, 4.69) is 0 Å². The smallest absolute Gasteiger partial charge is 0.434 e. The van der Waals surface area contributed by atoms with Crippen LogP contribution in [0.5, 0.6) is 5.75 Å². The van der Waals surface area contributed by atoms with Crippen LogP contribution in [-0.2, 0) is 9.53 Å². The number of rotatable bonds is 4. The van der Waals surface area contributed by atoms with Crippen molar-refractivity contribution in [2.24, 2.45) is 5.41 Å². The largest absolute Gasteiger partial charge is 0.513 e. The molecule has 0 spiro atoms. The maximum atomic E-state index is 12.8. The van der Waals surface area contributed by atoms with Crippen molar-refractivity contribution in [3.05, 3.63) is 42.0 Å². The molecule has 0 bridgehead atoms. The summed E-state index contributed by atoms with van der Waals surface area (Å²) in [6, 6.07) is 6.37. The minimum absolute atomic E-state index is 0.0188. The first-order valence-electron chi connectivity index (χ1n) is 9.91. The van der Waals surface area contributed by atoms with E-state index in [1.807, 2.05) is 26.8 Å². The summed E-state index contributed by atoms with van der Waals surface area (Å²) in [5.41, 5.74) is 0.459. The molecule has 2 rings (SSSR count). The maximum Gasteiger partial charge on any atom is 0.513 e. The Bertz CT molecular complexity index is 749. The molecular formula is C22H30N2O5. The number of nitrogens with zero attached hydrogens (tertiary/aromatic N) is 2. The van der Waals surface area contributed by atoms with Crippen molar-refractivity contribution in [2.75, 3.05) is 32.8 Å². The predicted molar refractivity (Wildman–Crippen MR) is 110 cm³/mol. The van der Waals surface area contributed by atoms with E-state index in [0.29, 0.717) is 37.5 Å². The first kappa shape index (κ1) is 22.5. The summed E-state index contributed by atoms with van der Waals surface area (Å²) >= 11 is 0. The third-order valence-electron chi connectivity index (χ3n) is 4.39. The van der Waals surface area contributed by atoms with Gasteiger partial charge in [0.25, 0.3) is 5.91 Å². The number of hydrogen-bond donors (Lipinski definition) is 0. The monoisotopic (exact) mass is 402 g/mol. The molecule has 0 radical (unpaired) electrons. The summed E-state index contributed by atoms with van der Waals surface area (Å²) in [6.45, 7) is 10.3. The SMILES string of the molecule is CCOC(=O)Oc1ccc(C(=O)N2CCCN(C(=O)/C=C/C(C)(C)C)CC2)cc1. The Morgan fingerprint density at radius 1 is 1.00 bits per heavy atom. The number of carbonyl (C=O) groups excluding carboxylic acids is 3. The van der Waals surface area contributed by atoms with Gasteiger partial charge in [-0.2, -0.15) is 0 Å². The summed E-state index contributed by atoms with van der Waals surface area (Å²) in [5, 5.41) is 0. The molecule has 0 aromatic heterocycles. The molecule has 158 valence electrons. The maximum absolute atomic E-state index is 12.8. The number of amides is 2. The molecule has 0 aliphatic carbocycles. The van der Waals surface area contributed by atoms with Gasteiger partial charge in [-0.3, -0.25) is 9.59 Å². The molecule has 1 fully saturated rings. The highest BCUT2D eigenvalue weighted by Crippen LogP contribution is 2.17. The van der Waals surface area contributed by atoms with Gasteiger partial charge >= 0.3 is 6.16 Å². The Labute approximate surface area is 172 Å². The zero-order valence-corrected chi connectivity index (χ0v) is 17.6. The second-order valence-electron chi connectivity index (χ2n) is 7.98. The van der Waals surface area contributed by atoms with Gasteiger partial charge in [0.1, 0.15) is 5.75 Å². The molecular weight excluding hydrogens is 372 g/mol. The van der Waals surface area contributed by atoms with E-state index in [1.54, 1.807) is 47.1 Å². The summed E-state index contributed by atoms with van der Waals surface area (Å²) in [5.74, 6) is 0.195. The molecule has 1 aromatic rings. The van der Waals surface area contributed by atoms with E-state index in [-0.39, 0.29) is 23.8 Å². The van der Waals surface area contributed by atoms with Crippen LogP contribution in [0, 0.1) is 5.41 Å². The average Bonchev–Trinajstić information content (AvgIpc) is 2.92. The molecule has 1 aliphatic heterocycles. The number of benzene rings is 1. The van der Waals surface area contributed by atoms with Crippen LogP contribution in [0.15, 0.2) is 36.4 Å². The van der Waals surface area contributed by atoms with Crippen LogP contribution in [-0.4, -0.2) is 60.6 Å². The van der Waals surface area contributed by atoms with Crippen molar-refractivity contribution in [1.82, 2.24) is 9.80 Å². The lowest BCUT2D eigenvalue weighted by Crippen LogP contribution is -2.36. The van der Waals surface area contributed by atoms with E-state index in [1.165, 1.54) is 0 Å². The fourth-order valence-electron chi connectivity index (χ4n) is 2.86. The molecule has 2 amide bonds. The fourth-order valence-corrected chi connectivity index (χ4v) is 2.86. The van der Waals surface area contributed by atoms with Crippen molar-refractivity contribution < 1.29 is 23.9 Å². The van der Waals surface area contributed by atoms with Crippen LogP contribution in [0.3, 0.4) is 0 Å². The van der Waals surface area contributed by atoms with Crippen LogP contribution in [0.4, 0.5) is 4.79 Å². The minimum atomic E-state index is -0.774. The van der Waals surface area contributed by atoms with E-state index in [4.69, 9.17) is 9.47 Å². The number of carbonyl (C=O) groups is 3. The summed E-state index contributed by atoms with van der Waals surface area (Å²) in [7, 11) is 0. The van der Waals surface area contributed by atoms with Crippen LogP contribution in [0.25, 0.3) is 0 Å². The standard InChI is InChI=1S/C22H30N2O5/c1-5-28-21(27)29-18-9-7-17(8-10-18)20(26)24-14-6-13-23(15-16-24)19(25)11-12-22(2,3)4/h7-12H,5-6,13-16H2,1-4H3/b12-11+. The molecule has 7 heteroatoms. The van der Waals surface area contributed by atoms with E-state index < -0.39 is 6.16 Å². The van der Waals surface area contributed by atoms with Gasteiger partial charge in [-0.15, -0.1) is 0 Å². The first-order valence-corrected chi connectivity index (χ1v) is 9.91. The molecule has 0 N–H and O–H groups in total. The molecule has 1 saturated heterocycles. The molecule has 29 heavy (non-hydrogen) atoms. The van der Waals surface area contributed by atoms with Gasteiger partial charge in [0.05, 0.1) is 6.61 Å². The van der Waals surface area contributed by atoms with Crippen molar-refractivity contribution >= 4 is 18.0 Å². The van der Waals surface area contributed by atoms with E-state index >= 15 is 0 Å². The zero-order valence-electron chi connectivity index (χ0n) is 17.6. The van der Waals surface area contributed by atoms with Crippen LogP contribution in [0.2, 0.25) is 0 Å². The molecule has 7 nitrogen and oxygen atoms in total. The van der Waals surface area contributed by atoms with Gasteiger partial charge in [-0.1, -0.05) is 26.8 Å². The molecule has 1 aliphatic rings. The topological polar surface area (TPSA) is 76.2 Å². The fraction of sp³-hybridized carbons (Fsp3) is 0.500. The summed E-state index contributed by atoms with van der Waals surface area (Å²) in [6.07, 6.45) is 3.48. The Kier molecular flexibility index (Phi) is 7.82. The van der Waals surface area contributed by atoms with Crippen molar-refractivity contribution in [2.45, 2.75) is 34.1 Å². The molecule has 0 atom stereocenters. The highest BCUT2D eigenvalue weighted by atomic mass is 16.7. The van der Waals surface area contributed by atoms with Gasteiger partial charge < -0.3 is 19.3 Å². The zero-order chi connectivity index (χ0) is 21.4. The van der Waals surface area contributed by atoms with Crippen LogP contribution in [0.1, 0.15) is 44.5 Å². The van der Waals surface area contributed by atoms with Crippen LogP contribution >= 0.6 is 0 Å². The van der Waals surface area contributed by atoms with Crippen molar-refractivity contribution in [3.63, 3.8) is 0 Å². The molecule has 1 aromatic carbocycles. The normalized spacial score (nSPS) is 15.2. The lowest BCUT2D eigenvalue weighted by molar-refractivity contribution is -0.125. The Morgan fingerprint density at radius 2 is 1.62 bits per heavy atom. The minimum Gasteiger partial charge on any atom is -0.434 e. The number of allylic oxidation sites excluding steroid dienone is 1. The Morgan fingerprint density at radius 3 is 2.24 bits per heavy atom. The van der Waals surface area contributed by atoms with Gasteiger partial charge in [0.15, 0.2) is 0 Å². The van der Waals surface area contributed by atoms with Crippen LogP contribution < -0.4 is 4.74 Å². The third kappa shape index (κ3) is 7.25. The number of hydrogen-bond acceptors (Lipinski definition) is 5. The third-order valence-corrected chi connectivity index (χ3v) is 4.39. The predicted octanol–water partition coefficient (Wildman–Crippen LogP) is 3.50. The molecule has 0 saturated carbocycles. The second-order valence-corrected chi connectivity index (χ2v) is 7.98. The molecule has 0 unspecified atom stereocenters. The lowest BCUT2D eigenvalue weighted by Gasteiger charge is -2.22. The van der Waals surface area contributed by atoms with Gasteiger partial charge in [0, 0.05) is 31.7 Å². The first-order chi connectivity index (χ1) is 13.7. The van der Waals surface area contributed by atoms with E-state index in [9.17, 15) is 14.4 Å². The Hall–Kier alpha value is -2.83. The quantitative estimate of drug-likeness (QED) is 0.438. The second kappa shape index (κ2) is 10.1. The Balaban J connectivity index is 1.94. The highest BCUT2D eigenvalue weighted by molar-refractivity contribution is 5.94. The summed E-state index contributed by atoms with van der Waals surface area (Å²) < 4.78 is 9.73. The van der Waals surface area contributed by atoms with Crippen molar-refractivity contribution in [3.8, 4) is 5.75 Å². The average molecular weight is 402 g/mol. The van der Waals surface area contributed by atoms with E-state index in [0.717, 1.165) is 6.42 Å². The van der Waals surface area contributed by atoms with Gasteiger partial charge in [-0.25, -0.2) is 4.79 Å². The van der Waals surface area contributed by atoms with Crippen molar-refractivity contribution in [1.29, 1.82) is 0 Å². The lowest BCUT2D eigenvalue weighted by atomic mass is 9.96. The molecule has 1 heterocycles. The van der Waals surface area contributed by atoms with Gasteiger partial charge in [0.2, 0.25) is 5.91 Å².